The second-order valence-electron chi connectivity index (χ2n) is 5.29. The van der Waals surface area contributed by atoms with Crippen molar-refractivity contribution in [1.82, 2.24) is 19.6 Å². The van der Waals surface area contributed by atoms with Crippen LogP contribution in [0.3, 0.4) is 0 Å². The Hall–Kier alpha value is -1.57. The van der Waals surface area contributed by atoms with E-state index in [4.69, 9.17) is 4.74 Å². The molecule has 0 bridgehead atoms. The van der Waals surface area contributed by atoms with Crippen LogP contribution >= 0.6 is 15.9 Å². The number of nitrogens with zero attached hydrogens (tertiary/aromatic N) is 4. The first-order valence-electron chi connectivity index (χ1n) is 7.39. The average Bonchev–Trinajstić information content (AvgIpc) is 2.92. The van der Waals surface area contributed by atoms with Crippen LogP contribution in [0.2, 0.25) is 0 Å². The summed E-state index contributed by atoms with van der Waals surface area (Å²) in [5, 5.41) is 4.17. The number of carbonyl (C=O) groups is 2. The van der Waals surface area contributed by atoms with Crippen LogP contribution in [0.25, 0.3) is 0 Å². The topological polar surface area (TPSA) is 67.7 Å². The molecule has 0 saturated carbocycles. The highest BCUT2D eigenvalue weighted by Gasteiger charge is 2.27. The average molecular weight is 373 g/mol. The van der Waals surface area contributed by atoms with Gasteiger partial charge in [-0.25, -0.2) is 4.79 Å². The zero-order valence-corrected chi connectivity index (χ0v) is 14.5. The first-order chi connectivity index (χ1) is 10.5. The molecule has 2 amide bonds. The van der Waals surface area contributed by atoms with Gasteiger partial charge in [0, 0.05) is 32.4 Å². The predicted octanol–water partition coefficient (Wildman–Crippen LogP) is 1.58. The molecule has 2 rings (SSSR count). The molecule has 1 aromatic heterocycles. The van der Waals surface area contributed by atoms with Crippen molar-refractivity contribution in [3.05, 3.63) is 16.9 Å². The van der Waals surface area contributed by atoms with Gasteiger partial charge in [0.1, 0.15) is 0 Å². The molecule has 0 spiro atoms. The molecule has 22 heavy (non-hydrogen) atoms. The van der Waals surface area contributed by atoms with Crippen molar-refractivity contribution in [2.75, 3.05) is 32.8 Å². The molecule has 8 heteroatoms. The Bertz CT molecular complexity index is 526. The summed E-state index contributed by atoms with van der Waals surface area (Å²) in [6.07, 6.45) is 3.25. The van der Waals surface area contributed by atoms with Crippen LogP contribution in [0, 0.1) is 5.92 Å². The Balaban J connectivity index is 1.82. The van der Waals surface area contributed by atoms with Crippen LogP contribution in [-0.4, -0.2) is 64.4 Å². The maximum Gasteiger partial charge on any atom is 0.409 e. The van der Waals surface area contributed by atoms with Gasteiger partial charge in [0.05, 0.1) is 29.7 Å². The highest BCUT2D eigenvalue weighted by molar-refractivity contribution is 9.10. The third kappa shape index (κ3) is 4.22. The van der Waals surface area contributed by atoms with Gasteiger partial charge in [0.25, 0.3) is 0 Å². The predicted molar refractivity (Wildman–Crippen MR) is 84.3 cm³/mol. The molecule has 2 heterocycles. The molecule has 1 aliphatic heterocycles. The monoisotopic (exact) mass is 372 g/mol. The third-order valence-corrected chi connectivity index (χ3v) is 4.01. The smallest absolute Gasteiger partial charge is 0.409 e. The van der Waals surface area contributed by atoms with Gasteiger partial charge in [0.15, 0.2) is 0 Å². The highest BCUT2D eigenvalue weighted by Crippen LogP contribution is 2.12. The van der Waals surface area contributed by atoms with Gasteiger partial charge in [-0.3, -0.25) is 9.48 Å². The third-order valence-electron chi connectivity index (χ3n) is 3.60. The van der Waals surface area contributed by atoms with Crippen molar-refractivity contribution >= 4 is 27.9 Å². The van der Waals surface area contributed by atoms with Gasteiger partial charge in [-0.2, -0.15) is 5.10 Å². The summed E-state index contributed by atoms with van der Waals surface area (Å²) in [4.78, 5) is 27.5. The van der Waals surface area contributed by atoms with Gasteiger partial charge in [-0.05, 0) is 22.9 Å². The van der Waals surface area contributed by atoms with E-state index in [9.17, 15) is 9.59 Å². The molecule has 0 aromatic carbocycles. The van der Waals surface area contributed by atoms with Gasteiger partial charge in [-0.1, -0.05) is 6.92 Å². The maximum atomic E-state index is 12.4. The summed E-state index contributed by atoms with van der Waals surface area (Å²) in [7, 11) is 0. The Morgan fingerprint density at radius 3 is 2.50 bits per heavy atom. The molecule has 1 atom stereocenters. The molecular formula is C14H21BrN4O3. The minimum absolute atomic E-state index is 0.0927. The van der Waals surface area contributed by atoms with E-state index in [0.29, 0.717) is 39.3 Å². The molecule has 1 fully saturated rings. The minimum atomic E-state index is -0.302. The lowest BCUT2D eigenvalue weighted by molar-refractivity contribution is -0.137. The summed E-state index contributed by atoms with van der Waals surface area (Å²) in [6.45, 7) is 6.73. The second kappa shape index (κ2) is 7.62. The molecule has 7 nitrogen and oxygen atoms in total. The Morgan fingerprint density at radius 1 is 1.32 bits per heavy atom. The lowest BCUT2D eigenvalue weighted by Gasteiger charge is -2.35. The van der Waals surface area contributed by atoms with Crippen LogP contribution in [0.5, 0.6) is 0 Å². The molecule has 0 N–H and O–H groups in total. The molecule has 0 radical (unpaired) electrons. The molecule has 1 aromatic rings. The summed E-state index contributed by atoms with van der Waals surface area (Å²) in [5.41, 5.74) is 0. The Morgan fingerprint density at radius 2 is 1.95 bits per heavy atom. The largest absolute Gasteiger partial charge is 0.450 e. The fourth-order valence-electron chi connectivity index (χ4n) is 2.43. The zero-order valence-electron chi connectivity index (χ0n) is 12.9. The van der Waals surface area contributed by atoms with Gasteiger partial charge >= 0.3 is 6.09 Å². The van der Waals surface area contributed by atoms with Crippen molar-refractivity contribution in [2.45, 2.75) is 20.4 Å². The number of ether oxygens (including phenoxy) is 1. The van der Waals surface area contributed by atoms with Crippen LogP contribution in [0.15, 0.2) is 16.9 Å². The summed E-state index contributed by atoms with van der Waals surface area (Å²) < 4.78 is 7.62. The lowest BCUT2D eigenvalue weighted by atomic mass is 10.1. The van der Waals surface area contributed by atoms with E-state index in [1.54, 1.807) is 27.6 Å². The van der Waals surface area contributed by atoms with Gasteiger partial charge < -0.3 is 14.5 Å². The van der Waals surface area contributed by atoms with E-state index in [0.717, 1.165) is 4.47 Å². The first kappa shape index (κ1) is 16.8. The fourth-order valence-corrected chi connectivity index (χ4v) is 2.76. The molecule has 1 saturated heterocycles. The van der Waals surface area contributed by atoms with Crippen LogP contribution in [0.4, 0.5) is 4.79 Å². The van der Waals surface area contributed by atoms with E-state index in [1.807, 2.05) is 13.1 Å². The van der Waals surface area contributed by atoms with E-state index >= 15 is 0 Å². The number of hydrogen-bond donors (Lipinski definition) is 0. The standard InChI is InChI=1S/C14H21BrN4O3/c1-3-22-14(21)18-6-4-17(5-7-18)13(20)11(2)9-19-10-12(15)8-16-19/h8,10-11H,3-7,9H2,1-2H3. The second-order valence-corrected chi connectivity index (χ2v) is 6.21. The number of piperazine rings is 1. The van der Waals surface area contributed by atoms with E-state index in [-0.39, 0.29) is 17.9 Å². The Kier molecular flexibility index (Phi) is 5.82. The van der Waals surface area contributed by atoms with Crippen molar-refractivity contribution in [3.8, 4) is 0 Å². The first-order valence-corrected chi connectivity index (χ1v) is 8.19. The number of hydrogen-bond acceptors (Lipinski definition) is 4. The Labute approximate surface area is 138 Å². The summed E-state index contributed by atoms with van der Waals surface area (Å²) in [6, 6.07) is 0. The maximum absolute atomic E-state index is 12.4. The minimum Gasteiger partial charge on any atom is -0.450 e. The fraction of sp³-hybridized carbons (Fsp3) is 0.643. The number of rotatable bonds is 4. The molecule has 1 unspecified atom stereocenters. The van der Waals surface area contributed by atoms with E-state index in [2.05, 4.69) is 21.0 Å². The van der Waals surface area contributed by atoms with Crippen molar-refractivity contribution in [3.63, 3.8) is 0 Å². The van der Waals surface area contributed by atoms with Crippen LogP contribution < -0.4 is 0 Å². The van der Waals surface area contributed by atoms with Crippen molar-refractivity contribution in [2.24, 2.45) is 5.92 Å². The number of aromatic nitrogens is 2. The van der Waals surface area contributed by atoms with E-state index in [1.165, 1.54) is 0 Å². The van der Waals surface area contributed by atoms with Crippen molar-refractivity contribution in [1.29, 1.82) is 0 Å². The quantitative estimate of drug-likeness (QED) is 0.804. The molecule has 1 aliphatic rings. The van der Waals surface area contributed by atoms with Crippen LogP contribution in [-0.2, 0) is 16.1 Å². The van der Waals surface area contributed by atoms with Gasteiger partial charge in [-0.15, -0.1) is 0 Å². The summed E-state index contributed by atoms with van der Waals surface area (Å²) in [5.74, 6) is -0.0592. The SMILES string of the molecule is CCOC(=O)N1CCN(C(=O)C(C)Cn2cc(Br)cn2)CC1. The molecule has 0 aliphatic carbocycles. The van der Waals surface area contributed by atoms with Crippen LogP contribution in [0.1, 0.15) is 13.8 Å². The molecular weight excluding hydrogens is 352 g/mol. The van der Waals surface area contributed by atoms with Crippen molar-refractivity contribution < 1.29 is 14.3 Å². The number of halogens is 1. The highest BCUT2D eigenvalue weighted by atomic mass is 79.9. The number of carbonyl (C=O) groups excluding carboxylic acids is 2. The normalized spacial score (nSPS) is 16.5. The van der Waals surface area contributed by atoms with E-state index < -0.39 is 0 Å². The lowest BCUT2D eigenvalue weighted by Crippen LogP contribution is -2.52. The van der Waals surface area contributed by atoms with Gasteiger partial charge in [0.2, 0.25) is 5.91 Å². The summed E-state index contributed by atoms with van der Waals surface area (Å²) >= 11 is 3.34. The molecule has 122 valence electrons. The zero-order chi connectivity index (χ0) is 16.1. The number of amides is 2.